The summed E-state index contributed by atoms with van der Waals surface area (Å²) in [6, 6.07) is 13.7. The Bertz CT molecular complexity index is 1120. The molecule has 23 heavy (non-hydrogen) atoms. The van der Waals surface area contributed by atoms with Gasteiger partial charge < -0.3 is 14.1 Å². The summed E-state index contributed by atoms with van der Waals surface area (Å²) in [4.78, 5) is 18.3. The largest absolute Gasteiger partial charge is 0.497 e. The highest BCUT2D eigenvalue weighted by atomic mass is 16.6. The van der Waals surface area contributed by atoms with Crippen molar-refractivity contribution < 1.29 is 9.57 Å². The Morgan fingerprint density at radius 3 is 2.43 bits per heavy atom. The number of hydrogen-bond acceptors (Lipinski definition) is 3. The van der Waals surface area contributed by atoms with E-state index in [9.17, 15) is 4.79 Å². The van der Waals surface area contributed by atoms with Crippen LogP contribution in [0.25, 0.3) is 32.7 Å². The van der Waals surface area contributed by atoms with Crippen molar-refractivity contribution in [3.63, 3.8) is 0 Å². The second-order valence-electron chi connectivity index (χ2n) is 5.46. The second-order valence-corrected chi connectivity index (χ2v) is 5.46. The average Bonchev–Trinajstić information content (AvgIpc) is 2.89. The van der Waals surface area contributed by atoms with E-state index >= 15 is 0 Å². The number of rotatable bonds is 2. The van der Waals surface area contributed by atoms with Crippen LogP contribution in [0.2, 0.25) is 0 Å². The highest BCUT2D eigenvalue weighted by Crippen LogP contribution is 2.33. The molecule has 2 aromatic heterocycles. The molecule has 116 valence electrons. The number of ether oxygens (including phenoxy) is 1. The second kappa shape index (κ2) is 4.78. The van der Waals surface area contributed by atoms with Crippen LogP contribution in [0.15, 0.2) is 47.3 Å². The molecule has 5 heteroatoms. The topological polar surface area (TPSA) is 45.4 Å². The highest BCUT2D eigenvalue weighted by Gasteiger charge is 2.18. The average molecular weight is 308 g/mol. The minimum absolute atomic E-state index is 0.179. The number of hydrogen-bond donors (Lipinski definition) is 0. The van der Waals surface area contributed by atoms with E-state index in [1.54, 1.807) is 7.11 Å². The minimum Gasteiger partial charge on any atom is -0.497 e. The molecule has 2 heterocycles. The van der Waals surface area contributed by atoms with Gasteiger partial charge in [-0.2, -0.15) is 0 Å². The zero-order chi connectivity index (χ0) is 16.1. The molecule has 0 radical (unpaired) electrons. The third-order valence-electron chi connectivity index (χ3n) is 4.37. The molecular weight excluding hydrogens is 292 g/mol. The molecule has 0 amide bonds. The van der Waals surface area contributed by atoms with E-state index in [1.807, 2.05) is 54.1 Å². The summed E-state index contributed by atoms with van der Waals surface area (Å²) in [5, 5.41) is 2.96. The molecule has 0 saturated carbocycles. The molecule has 0 bridgehead atoms. The van der Waals surface area contributed by atoms with Gasteiger partial charge in [0.15, 0.2) is 0 Å². The van der Waals surface area contributed by atoms with Gasteiger partial charge >= 0.3 is 5.56 Å². The quantitative estimate of drug-likeness (QED) is 0.572. The summed E-state index contributed by atoms with van der Waals surface area (Å²) in [6.07, 6.45) is 0. The predicted molar refractivity (Wildman–Crippen MR) is 91.2 cm³/mol. The first-order valence-electron chi connectivity index (χ1n) is 7.31. The zero-order valence-electron chi connectivity index (χ0n) is 13.2. The van der Waals surface area contributed by atoms with Gasteiger partial charge in [0.05, 0.1) is 12.6 Å². The van der Waals surface area contributed by atoms with Gasteiger partial charge in [0.2, 0.25) is 0 Å². The molecule has 0 fully saturated rings. The van der Waals surface area contributed by atoms with Gasteiger partial charge in [-0.1, -0.05) is 18.2 Å². The van der Waals surface area contributed by atoms with Crippen molar-refractivity contribution in [3.8, 4) is 5.75 Å². The highest BCUT2D eigenvalue weighted by molar-refractivity contribution is 6.19. The van der Waals surface area contributed by atoms with Crippen LogP contribution in [0.1, 0.15) is 0 Å². The number of aromatic nitrogens is 2. The summed E-state index contributed by atoms with van der Waals surface area (Å²) in [7, 11) is 5.00. The first-order chi connectivity index (χ1) is 11.2. The molecule has 0 aliphatic carbocycles. The maximum Gasteiger partial charge on any atom is 0.308 e. The minimum atomic E-state index is -0.179. The van der Waals surface area contributed by atoms with Crippen LogP contribution in [0.3, 0.4) is 0 Å². The molecular formula is C18H16N2O3. The first kappa shape index (κ1) is 13.7. The van der Waals surface area contributed by atoms with E-state index in [1.165, 1.54) is 11.8 Å². The Labute approximate surface area is 132 Å². The Hall–Kier alpha value is -2.95. The smallest absolute Gasteiger partial charge is 0.308 e. The third kappa shape index (κ3) is 1.70. The lowest BCUT2D eigenvalue weighted by atomic mass is 10.1. The number of aryl methyl sites for hydroxylation is 1. The number of benzene rings is 2. The standard InChI is InChI=1S/C18H16N2O3/c1-19-14-7-5-4-6-12(14)16-13-9-8-11(22-2)10-15(13)20(23-3)18(21)17(16)19/h4-10H,1-3H3. The van der Waals surface area contributed by atoms with Crippen LogP contribution in [-0.4, -0.2) is 23.5 Å². The Balaban J connectivity index is 2.38. The van der Waals surface area contributed by atoms with Crippen LogP contribution in [0.5, 0.6) is 5.75 Å². The van der Waals surface area contributed by atoms with E-state index in [0.717, 1.165) is 21.7 Å². The monoisotopic (exact) mass is 308 g/mol. The van der Waals surface area contributed by atoms with Gasteiger partial charge in [-0.05, 0) is 18.2 Å². The summed E-state index contributed by atoms with van der Waals surface area (Å²) in [5.74, 6) is 0.683. The van der Waals surface area contributed by atoms with E-state index in [2.05, 4.69) is 0 Å². The van der Waals surface area contributed by atoms with Crippen molar-refractivity contribution in [1.82, 2.24) is 9.30 Å². The fourth-order valence-corrected chi connectivity index (χ4v) is 3.32. The first-order valence-corrected chi connectivity index (χ1v) is 7.31. The molecule has 0 spiro atoms. The number of pyridine rings is 1. The van der Waals surface area contributed by atoms with Crippen LogP contribution in [0.4, 0.5) is 0 Å². The molecule has 0 saturated heterocycles. The number of nitrogens with zero attached hydrogens (tertiary/aromatic N) is 2. The molecule has 4 aromatic rings. The number of methoxy groups -OCH3 is 1. The van der Waals surface area contributed by atoms with E-state index in [-0.39, 0.29) is 5.56 Å². The fourth-order valence-electron chi connectivity index (χ4n) is 3.32. The van der Waals surface area contributed by atoms with E-state index < -0.39 is 0 Å². The normalized spacial score (nSPS) is 11.4. The Morgan fingerprint density at radius 1 is 0.957 bits per heavy atom. The lowest BCUT2D eigenvalue weighted by molar-refractivity contribution is 0.170. The maximum absolute atomic E-state index is 12.9. The van der Waals surface area contributed by atoms with Crippen LogP contribution >= 0.6 is 0 Å². The van der Waals surface area contributed by atoms with Gasteiger partial charge in [0.25, 0.3) is 0 Å². The third-order valence-corrected chi connectivity index (χ3v) is 4.37. The van der Waals surface area contributed by atoms with Gasteiger partial charge in [0, 0.05) is 34.8 Å². The molecule has 4 rings (SSSR count). The van der Waals surface area contributed by atoms with Crippen molar-refractivity contribution >= 4 is 32.7 Å². The molecule has 0 aliphatic heterocycles. The molecule has 5 nitrogen and oxygen atoms in total. The fraction of sp³-hybridized carbons (Fsp3) is 0.167. The maximum atomic E-state index is 12.9. The Kier molecular flexibility index (Phi) is 2.84. The molecule has 0 aliphatic rings. The lowest BCUT2D eigenvalue weighted by Gasteiger charge is -2.11. The molecule has 0 atom stereocenters. The van der Waals surface area contributed by atoms with Gasteiger partial charge in [-0.3, -0.25) is 4.79 Å². The van der Waals surface area contributed by atoms with Crippen molar-refractivity contribution in [2.75, 3.05) is 14.2 Å². The van der Waals surface area contributed by atoms with Crippen molar-refractivity contribution in [3.05, 3.63) is 52.8 Å². The lowest BCUT2D eigenvalue weighted by Crippen LogP contribution is -2.26. The van der Waals surface area contributed by atoms with E-state index in [4.69, 9.17) is 9.57 Å². The van der Waals surface area contributed by atoms with Crippen LogP contribution < -0.4 is 15.1 Å². The van der Waals surface area contributed by atoms with Crippen molar-refractivity contribution in [2.45, 2.75) is 0 Å². The Morgan fingerprint density at radius 2 is 1.70 bits per heavy atom. The molecule has 0 N–H and O–H groups in total. The van der Waals surface area contributed by atoms with Crippen LogP contribution in [-0.2, 0) is 7.05 Å². The van der Waals surface area contributed by atoms with Gasteiger partial charge in [-0.15, -0.1) is 4.73 Å². The predicted octanol–water partition coefficient (Wildman–Crippen LogP) is 2.71. The van der Waals surface area contributed by atoms with Gasteiger partial charge in [-0.25, -0.2) is 0 Å². The summed E-state index contributed by atoms with van der Waals surface area (Å²) in [5.41, 5.74) is 2.17. The summed E-state index contributed by atoms with van der Waals surface area (Å²) in [6.45, 7) is 0. The SMILES string of the molecule is COc1ccc2c3c4ccccc4n(C)c3c(=O)n(OC)c2c1. The van der Waals surface area contributed by atoms with E-state index in [0.29, 0.717) is 16.8 Å². The zero-order valence-corrected chi connectivity index (χ0v) is 13.2. The van der Waals surface area contributed by atoms with Crippen molar-refractivity contribution in [1.29, 1.82) is 0 Å². The number of fused-ring (bicyclic) bond motifs is 5. The molecule has 0 unspecified atom stereocenters. The van der Waals surface area contributed by atoms with Gasteiger partial charge in [0.1, 0.15) is 18.4 Å². The van der Waals surface area contributed by atoms with Crippen molar-refractivity contribution in [2.24, 2.45) is 7.05 Å². The molecule has 2 aromatic carbocycles. The van der Waals surface area contributed by atoms with Crippen LogP contribution in [0, 0.1) is 0 Å². The summed E-state index contributed by atoms with van der Waals surface area (Å²) < 4.78 is 8.53. The summed E-state index contributed by atoms with van der Waals surface area (Å²) >= 11 is 0. The number of para-hydroxylation sites is 1.